The molecule has 1 saturated heterocycles. The number of benzene rings is 2. The van der Waals surface area contributed by atoms with Crippen LogP contribution < -0.4 is 5.73 Å². The van der Waals surface area contributed by atoms with E-state index in [1.54, 1.807) is 0 Å². The van der Waals surface area contributed by atoms with Gasteiger partial charge in [0.15, 0.2) is 0 Å². The van der Waals surface area contributed by atoms with Crippen LogP contribution in [-0.4, -0.2) is 29.7 Å². The first kappa shape index (κ1) is 17.3. The van der Waals surface area contributed by atoms with Crippen LogP contribution in [0.3, 0.4) is 0 Å². The van der Waals surface area contributed by atoms with Crippen molar-refractivity contribution in [3.05, 3.63) is 65.7 Å². The topological polar surface area (TPSA) is 41.6 Å². The molecule has 0 amide bonds. The molecule has 2 aliphatic rings. The lowest BCUT2D eigenvalue weighted by Gasteiger charge is -2.30. The van der Waals surface area contributed by atoms with E-state index in [9.17, 15) is 0 Å². The molecule has 2 aromatic carbocycles. The average molecular weight is 348 g/mol. The third-order valence-electron chi connectivity index (χ3n) is 5.88. The molecule has 0 bridgehead atoms. The van der Waals surface area contributed by atoms with Gasteiger partial charge in [-0.3, -0.25) is 9.89 Å². The van der Waals surface area contributed by atoms with Gasteiger partial charge < -0.3 is 5.73 Å². The highest BCUT2D eigenvalue weighted by atomic mass is 15.2. The lowest BCUT2D eigenvalue weighted by Crippen LogP contribution is -2.35. The maximum absolute atomic E-state index is 6.30. The fourth-order valence-electron chi connectivity index (χ4n) is 4.43. The molecule has 0 spiro atoms. The number of hydrogen-bond acceptors (Lipinski definition) is 3. The third kappa shape index (κ3) is 3.83. The number of nitrogen functional groups attached to an aromatic ring is 1. The standard InChI is InChI=1S/C23H29N3/c24-22-14-8-7-13-21(22)23(18-9-3-1-4-10-18)25-19-15-16-26(17-19)20-11-5-2-6-12-20/h1,3-4,7-10,13-14,20,23H,2,5-6,11-12,15-17,24H2. The molecule has 26 heavy (non-hydrogen) atoms. The van der Waals surface area contributed by atoms with Gasteiger partial charge in [-0.25, -0.2) is 0 Å². The molecule has 1 unspecified atom stereocenters. The Hall–Kier alpha value is -2.13. The monoisotopic (exact) mass is 347 g/mol. The minimum absolute atomic E-state index is 0.00120. The summed E-state index contributed by atoms with van der Waals surface area (Å²) >= 11 is 0. The highest BCUT2D eigenvalue weighted by Gasteiger charge is 2.27. The lowest BCUT2D eigenvalue weighted by molar-refractivity contribution is 0.197. The van der Waals surface area contributed by atoms with Gasteiger partial charge in [0.05, 0.1) is 0 Å². The molecule has 4 rings (SSSR count). The molecular formula is C23H29N3. The van der Waals surface area contributed by atoms with Crippen molar-refractivity contribution >= 4 is 11.4 Å². The van der Waals surface area contributed by atoms with Crippen molar-refractivity contribution in [2.45, 2.75) is 50.6 Å². The maximum Gasteiger partial charge on any atom is 0.102 e. The number of aliphatic imine (C=N–C) groups is 1. The smallest absolute Gasteiger partial charge is 0.102 e. The van der Waals surface area contributed by atoms with E-state index in [-0.39, 0.29) is 6.04 Å². The zero-order valence-corrected chi connectivity index (χ0v) is 15.5. The Morgan fingerprint density at radius 1 is 0.923 bits per heavy atom. The molecule has 0 radical (unpaired) electrons. The average Bonchev–Trinajstić information content (AvgIpc) is 3.17. The molecule has 2 N–H and O–H groups in total. The van der Waals surface area contributed by atoms with E-state index in [1.807, 2.05) is 12.1 Å². The summed E-state index contributed by atoms with van der Waals surface area (Å²) in [6.45, 7) is 2.19. The minimum Gasteiger partial charge on any atom is -0.398 e. The minimum atomic E-state index is -0.00120. The van der Waals surface area contributed by atoms with Crippen LogP contribution in [0.25, 0.3) is 0 Å². The molecule has 2 fully saturated rings. The first-order chi connectivity index (χ1) is 12.8. The zero-order chi connectivity index (χ0) is 17.8. The molecular weight excluding hydrogens is 318 g/mol. The Labute approximate surface area is 156 Å². The predicted molar refractivity (Wildman–Crippen MR) is 110 cm³/mol. The summed E-state index contributed by atoms with van der Waals surface area (Å²) in [7, 11) is 0. The van der Waals surface area contributed by atoms with Crippen LogP contribution >= 0.6 is 0 Å². The summed E-state index contributed by atoms with van der Waals surface area (Å²) in [6, 6.07) is 19.5. The molecule has 1 heterocycles. The summed E-state index contributed by atoms with van der Waals surface area (Å²) in [5.74, 6) is 0. The zero-order valence-electron chi connectivity index (χ0n) is 15.5. The van der Waals surface area contributed by atoms with Crippen molar-refractivity contribution in [3.8, 4) is 0 Å². The second-order valence-corrected chi connectivity index (χ2v) is 7.65. The molecule has 3 nitrogen and oxygen atoms in total. The molecule has 136 valence electrons. The highest BCUT2D eigenvalue weighted by molar-refractivity contribution is 5.89. The number of para-hydroxylation sites is 1. The summed E-state index contributed by atoms with van der Waals surface area (Å²) in [5, 5.41) is 0. The maximum atomic E-state index is 6.30. The SMILES string of the molecule is Nc1ccccc1C(N=C1CCN(C2CCCCC2)C1)c1ccccc1. The number of likely N-dealkylation sites (tertiary alicyclic amines) is 1. The molecule has 2 aromatic rings. The summed E-state index contributed by atoms with van der Waals surface area (Å²) in [4.78, 5) is 7.88. The van der Waals surface area contributed by atoms with E-state index in [2.05, 4.69) is 47.4 Å². The van der Waals surface area contributed by atoms with E-state index in [0.29, 0.717) is 0 Å². The first-order valence-corrected chi connectivity index (χ1v) is 10.0. The van der Waals surface area contributed by atoms with Crippen LogP contribution in [0.5, 0.6) is 0 Å². The molecule has 3 heteroatoms. The number of nitrogens with zero attached hydrogens (tertiary/aromatic N) is 2. The van der Waals surface area contributed by atoms with Gasteiger partial charge in [-0.1, -0.05) is 67.8 Å². The predicted octanol–water partition coefficient (Wildman–Crippen LogP) is 4.84. The van der Waals surface area contributed by atoms with E-state index < -0.39 is 0 Å². The third-order valence-corrected chi connectivity index (χ3v) is 5.88. The Kier molecular flexibility index (Phi) is 5.35. The van der Waals surface area contributed by atoms with Gasteiger partial charge >= 0.3 is 0 Å². The number of hydrogen-bond donors (Lipinski definition) is 1. The van der Waals surface area contributed by atoms with Gasteiger partial charge in [0, 0.05) is 36.1 Å². The number of anilines is 1. The van der Waals surface area contributed by atoms with Gasteiger partial charge in [0.25, 0.3) is 0 Å². The van der Waals surface area contributed by atoms with Gasteiger partial charge in [0.2, 0.25) is 0 Å². The Balaban J connectivity index is 1.59. The fraction of sp³-hybridized carbons (Fsp3) is 0.435. The van der Waals surface area contributed by atoms with E-state index in [4.69, 9.17) is 10.7 Å². The molecule has 0 aromatic heterocycles. The number of nitrogens with two attached hydrogens (primary N) is 1. The fourth-order valence-corrected chi connectivity index (χ4v) is 4.43. The summed E-state index contributed by atoms with van der Waals surface area (Å²) < 4.78 is 0. The van der Waals surface area contributed by atoms with E-state index in [1.165, 1.54) is 43.4 Å². The molecule has 1 saturated carbocycles. The van der Waals surface area contributed by atoms with Crippen molar-refractivity contribution in [3.63, 3.8) is 0 Å². The lowest BCUT2D eigenvalue weighted by atomic mass is 9.94. The first-order valence-electron chi connectivity index (χ1n) is 10.0. The second kappa shape index (κ2) is 8.05. The van der Waals surface area contributed by atoms with Crippen LogP contribution in [0.1, 0.15) is 55.7 Å². The second-order valence-electron chi connectivity index (χ2n) is 7.65. The summed E-state index contributed by atoms with van der Waals surface area (Å²) in [5.41, 5.74) is 10.8. The molecule has 1 aliphatic carbocycles. The van der Waals surface area contributed by atoms with Crippen LogP contribution in [0.2, 0.25) is 0 Å². The van der Waals surface area contributed by atoms with Crippen LogP contribution in [0, 0.1) is 0 Å². The van der Waals surface area contributed by atoms with Gasteiger partial charge in [-0.05, 0) is 30.9 Å². The summed E-state index contributed by atoms with van der Waals surface area (Å²) in [6.07, 6.45) is 8.00. The number of rotatable bonds is 4. The van der Waals surface area contributed by atoms with E-state index in [0.717, 1.165) is 36.8 Å². The van der Waals surface area contributed by atoms with Crippen LogP contribution in [-0.2, 0) is 0 Å². The Bertz CT molecular complexity index is 747. The Morgan fingerprint density at radius 3 is 2.42 bits per heavy atom. The van der Waals surface area contributed by atoms with Crippen molar-refractivity contribution in [2.24, 2.45) is 4.99 Å². The van der Waals surface area contributed by atoms with Gasteiger partial charge in [-0.2, -0.15) is 0 Å². The van der Waals surface area contributed by atoms with Crippen molar-refractivity contribution in [2.75, 3.05) is 18.8 Å². The normalized spacial score (nSPS) is 21.9. The van der Waals surface area contributed by atoms with E-state index >= 15 is 0 Å². The highest BCUT2D eigenvalue weighted by Crippen LogP contribution is 2.32. The van der Waals surface area contributed by atoms with Crippen LogP contribution in [0.15, 0.2) is 59.6 Å². The molecule has 1 aliphatic heterocycles. The quantitative estimate of drug-likeness (QED) is 0.804. The largest absolute Gasteiger partial charge is 0.398 e. The Morgan fingerprint density at radius 2 is 1.65 bits per heavy atom. The van der Waals surface area contributed by atoms with Crippen molar-refractivity contribution < 1.29 is 0 Å². The van der Waals surface area contributed by atoms with Crippen LogP contribution in [0.4, 0.5) is 5.69 Å². The van der Waals surface area contributed by atoms with Crippen molar-refractivity contribution in [1.82, 2.24) is 4.90 Å². The molecule has 1 atom stereocenters. The van der Waals surface area contributed by atoms with Gasteiger partial charge in [0.1, 0.15) is 6.04 Å². The van der Waals surface area contributed by atoms with Gasteiger partial charge in [-0.15, -0.1) is 0 Å². The van der Waals surface area contributed by atoms with Crippen molar-refractivity contribution in [1.29, 1.82) is 0 Å².